The highest BCUT2D eigenvalue weighted by Crippen LogP contribution is 2.22. The zero-order chi connectivity index (χ0) is 13.3. The average Bonchev–Trinajstić information content (AvgIpc) is 2.34. The molecule has 0 bridgehead atoms. The van der Waals surface area contributed by atoms with E-state index in [-0.39, 0.29) is 5.78 Å². The van der Waals surface area contributed by atoms with Crippen LogP contribution in [0.1, 0.15) is 27.0 Å². The van der Waals surface area contributed by atoms with Crippen LogP contribution in [0.15, 0.2) is 36.4 Å². The summed E-state index contributed by atoms with van der Waals surface area (Å²) in [6.45, 7) is 3.78. The number of hydrogen-bond donors (Lipinski definition) is 0. The van der Waals surface area contributed by atoms with E-state index < -0.39 is 0 Å². The second kappa shape index (κ2) is 5.13. The Balaban J connectivity index is 2.54. The second-order valence-electron chi connectivity index (χ2n) is 4.25. The first-order valence-electron chi connectivity index (χ1n) is 5.56. The lowest BCUT2D eigenvalue weighted by atomic mass is 9.96. The van der Waals surface area contributed by atoms with Gasteiger partial charge in [0.25, 0.3) is 0 Å². The van der Waals surface area contributed by atoms with Gasteiger partial charge >= 0.3 is 0 Å². The van der Waals surface area contributed by atoms with Gasteiger partial charge in [-0.1, -0.05) is 35.3 Å². The van der Waals surface area contributed by atoms with E-state index in [0.717, 1.165) is 11.1 Å². The highest BCUT2D eigenvalue weighted by Gasteiger charge is 2.14. The molecule has 0 saturated carbocycles. The van der Waals surface area contributed by atoms with Crippen LogP contribution < -0.4 is 0 Å². The smallest absolute Gasteiger partial charge is 0.193 e. The molecule has 1 nitrogen and oxygen atoms in total. The normalized spacial score (nSPS) is 10.4. The molecule has 0 atom stereocenters. The SMILES string of the molecule is Cc1ccc(Cl)cc1C(=O)c1cc(Cl)ccc1C. The number of rotatable bonds is 2. The quantitative estimate of drug-likeness (QED) is 0.719. The van der Waals surface area contributed by atoms with Crippen molar-refractivity contribution in [3.05, 3.63) is 68.7 Å². The summed E-state index contributed by atoms with van der Waals surface area (Å²) >= 11 is 11.9. The molecule has 0 unspecified atom stereocenters. The Morgan fingerprint density at radius 1 is 0.833 bits per heavy atom. The fraction of sp³-hybridized carbons (Fsp3) is 0.133. The van der Waals surface area contributed by atoms with Crippen LogP contribution >= 0.6 is 23.2 Å². The van der Waals surface area contributed by atoms with Crippen LogP contribution in [-0.4, -0.2) is 5.78 Å². The largest absolute Gasteiger partial charge is 0.289 e. The van der Waals surface area contributed by atoms with Crippen LogP contribution in [0.5, 0.6) is 0 Å². The summed E-state index contributed by atoms with van der Waals surface area (Å²) in [6, 6.07) is 10.6. The van der Waals surface area contributed by atoms with E-state index in [2.05, 4.69) is 0 Å². The topological polar surface area (TPSA) is 17.1 Å². The Hall–Kier alpha value is -1.31. The van der Waals surface area contributed by atoms with Crippen molar-refractivity contribution in [2.24, 2.45) is 0 Å². The van der Waals surface area contributed by atoms with Crippen LogP contribution in [0.4, 0.5) is 0 Å². The number of carbonyl (C=O) groups is 1. The number of aryl methyl sites for hydroxylation is 2. The molecule has 18 heavy (non-hydrogen) atoms. The van der Waals surface area contributed by atoms with E-state index >= 15 is 0 Å². The minimum absolute atomic E-state index is 0.0463. The lowest BCUT2D eigenvalue weighted by Gasteiger charge is -2.08. The van der Waals surface area contributed by atoms with E-state index in [9.17, 15) is 4.79 Å². The average molecular weight is 279 g/mol. The predicted octanol–water partition coefficient (Wildman–Crippen LogP) is 4.84. The summed E-state index contributed by atoms with van der Waals surface area (Å²) in [6.07, 6.45) is 0. The Kier molecular flexibility index (Phi) is 3.74. The van der Waals surface area contributed by atoms with E-state index in [4.69, 9.17) is 23.2 Å². The summed E-state index contributed by atoms with van der Waals surface area (Å²) in [4.78, 5) is 12.5. The lowest BCUT2D eigenvalue weighted by Crippen LogP contribution is -2.05. The van der Waals surface area contributed by atoms with Gasteiger partial charge in [0.2, 0.25) is 0 Å². The molecule has 0 fully saturated rings. The highest BCUT2D eigenvalue weighted by molar-refractivity contribution is 6.32. The molecule has 2 rings (SSSR count). The van der Waals surface area contributed by atoms with Crippen molar-refractivity contribution in [1.29, 1.82) is 0 Å². The van der Waals surface area contributed by atoms with Crippen LogP contribution in [0.25, 0.3) is 0 Å². The molecule has 0 radical (unpaired) electrons. The van der Waals surface area contributed by atoms with E-state index in [1.165, 1.54) is 0 Å². The van der Waals surface area contributed by atoms with Crippen molar-refractivity contribution >= 4 is 29.0 Å². The Morgan fingerprint density at radius 3 is 1.61 bits per heavy atom. The first-order valence-corrected chi connectivity index (χ1v) is 6.31. The zero-order valence-electron chi connectivity index (χ0n) is 10.1. The third kappa shape index (κ3) is 2.58. The van der Waals surface area contributed by atoms with E-state index in [1.54, 1.807) is 24.3 Å². The number of ketones is 1. The molecule has 2 aromatic carbocycles. The summed E-state index contributed by atoms with van der Waals surface area (Å²) < 4.78 is 0. The van der Waals surface area contributed by atoms with Crippen molar-refractivity contribution in [2.75, 3.05) is 0 Å². The third-order valence-corrected chi connectivity index (χ3v) is 3.36. The Bertz CT molecular complexity index is 564. The molecule has 0 spiro atoms. The van der Waals surface area contributed by atoms with Gasteiger partial charge in [-0.3, -0.25) is 4.79 Å². The van der Waals surface area contributed by atoms with Crippen LogP contribution in [0.3, 0.4) is 0 Å². The van der Waals surface area contributed by atoms with E-state index in [1.807, 2.05) is 26.0 Å². The molecule has 0 aliphatic rings. The second-order valence-corrected chi connectivity index (χ2v) is 5.12. The molecule has 92 valence electrons. The minimum atomic E-state index is -0.0463. The maximum Gasteiger partial charge on any atom is 0.193 e. The standard InChI is InChI=1S/C15H12Cl2O/c1-9-3-5-11(16)7-13(9)15(18)14-8-12(17)6-4-10(14)2/h3-8H,1-2H3. The van der Waals surface area contributed by atoms with Gasteiger partial charge in [0.05, 0.1) is 0 Å². The predicted molar refractivity (Wildman–Crippen MR) is 75.8 cm³/mol. The Morgan fingerprint density at radius 2 is 1.22 bits per heavy atom. The first-order chi connectivity index (χ1) is 8.49. The number of benzene rings is 2. The molecular formula is C15H12Cl2O. The zero-order valence-corrected chi connectivity index (χ0v) is 11.6. The maximum absolute atomic E-state index is 12.5. The van der Waals surface area contributed by atoms with Gasteiger partial charge in [0, 0.05) is 21.2 Å². The van der Waals surface area contributed by atoms with Gasteiger partial charge in [-0.05, 0) is 49.2 Å². The molecule has 0 amide bonds. The minimum Gasteiger partial charge on any atom is -0.289 e. The molecule has 0 aliphatic heterocycles. The number of halogens is 2. The number of carbonyl (C=O) groups excluding carboxylic acids is 1. The Labute approximate surface area is 116 Å². The summed E-state index contributed by atoms with van der Waals surface area (Å²) in [5, 5.41) is 1.12. The first kappa shape index (κ1) is 13.1. The fourth-order valence-corrected chi connectivity index (χ4v) is 2.17. The summed E-state index contributed by atoms with van der Waals surface area (Å²) in [5.74, 6) is -0.0463. The van der Waals surface area contributed by atoms with Crippen molar-refractivity contribution in [2.45, 2.75) is 13.8 Å². The van der Waals surface area contributed by atoms with Crippen molar-refractivity contribution in [1.82, 2.24) is 0 Å². The molecule has 2 aromatic rings. The van der Waals surface area contributed by atoms with E-state index in [0.29, 0.717) is 21.2 Å². The molecule has 3 heteroatoms. The molecule has 0 heterocycles. The fourth-order valence-electron chi connectivity index (χ4n) is 1.82. The summed E-state index contributed by atoms with van der Waals surface area (Å²) in [5.41, 5.74) is 3.05. The third-order valence-electron chi connectivity index (χ3n) is 2.89. The molecule has 0 N–H and O–H groups in total. The molecule has 0 aromatic heterocycles. The highest BCUT2D eigenvalue weighted by atomic mass is 35.5. The summed E-state index contributed by atoms with van der Waals surface area (Å²) in [7, 11) is 0. The number of hydrogen-bond acceptors (Lipinski definition) is 1. The molecular weight excluding hydrogens is 267 g/mol. The molecule has 0 aliphatic carbocycles. The van der Waals surface area contributed by atoms with Gasteiger partial charge in [-0.15, -0.1) is 0 Å². The van der Waals surface area contributed by atoms with Crippen LogP contribution in [0.2, 0.25) is 10.0 Å². The maximum atomic E-state index is 12.5. The van der Waals surface area contributed by atoms with Gasteiger partial charge in [0.1, 0.15) is 0 Å². The monoisotopic (exact) mass is 278 g/mol. The lowest BCUT2D eigenvalue weighted by molar-refractivity contribution is 0.103. The van der Waals surface area contributed by atoms with Gasteiger partial charge in [-0.2, -0.15) is 0 Å². The van der Waals surface area contributed by atoms with Gasteiger partial charge in [-0.25, -0.2) is 0 Å². The molecule has 0 saturated heterocycles. The van der Waals surface area contributed by atoms with Gasteiger partial charge in [0.15, 0.2) is 5.78 Å². The van der Waals surface area contributed by atoms with Crippen molar-refractivity contribution < 1.29 is 4.79 Å². The van der Waals surface area contributed by atoms with Crippen molar-refractivity contribution in [3.8, 4) is 0 Å². The van der Waals surface area contributed by atoms with Gasteiger partial charge < -0.3 is 0 Å². The van der Waals surface area contributed by atoms with Crippen molar-refractivity contribution in [3.63, 3.8) is 0 Å². The van der Waals surface area contributed by atoms with Crippen LogP contribution in [0, 0.1) is 13.8 Å². The van der Waals surface area contributed by atoms with Crippen LogP contribution in [-0.2, 0) is 0 Å².